The van der Waals surface area contributed by atoms with E-state index in [0.717, 1.165) is 38.5 Å². The van der Waals surface area contributed by atoms with Crippen LogP contribution >= 0.6 is 43.6 Å². The zero-order valence-corrected chi connectivity index (χ0v) is 26.5. The van der Waals surface area contributed by atoms with Crippen LogP contribution in [0.2, 0.25) is 0 Å². The van der Waals surface area contributed by atoms with E-state index in [1.165, 1.54) is 4.90 Å². The molecule has 1 saturated heterocycles. The minimum atomic E-state index is -0.348. The average Bonchev–Trinajstić information content (AvgIpc) is 3.15. The molecule has 208 valence electrons. The maximum absolute atomic E-state index is 13.0. The van der Waals surface area contributed by atoms with Gasteiger partial charge in [0.1, 0.15) is 0 Å². The number of nitrogens with one attached hydrogen (secondary N) is 1. The van der Waals surface area contributed by atoms with Gasteiger partial charge < -0.3 is 14.8 Å². The molecule has 1 heterocycles. The number of anilines is 1. The molecule has 0 atom stereocenters. The predicted octanol–water partition coefficient (Wildman–Crippen LogP) is 7.79. The van der Waals surface area contributed by atoms with Crippen molar-refractivity contribution < 1.29 is 23.9 Å². The summed E-state index contributed by atoms with van der Waals surface area (Å²) < 4.78 is 13.0. The third-order valence-corrected chi connectivity index (χ3v) is 8.32. The summed E-state index contributed by atoms with van der Waals surface area (Å²) in [6.07, 6.45) is 1.65. The number of hydrogen-bond donors (Lipinski definition) is 1. The molecule has 1 aliphatic heterocycles. The van der Waals surface area contributed by atoms with Gasteiger partial charge >= 0.3 is 0 Å². The van der Waals surface area contributed by atoms with E-state index in [2.05, 4.69) is 37.2 Å². The molecule has 7 nitrogen and oxygen atoms in total. The normalized spacial score (nSPS) is 14.2. The summed E-state index contributed by atoms with van der Waals surface area (Å²) in [6, 6.07) is 15.0. The van der Waals surface area contributed by atoms with Gasteiger partial charge in [0, 0.05) is 4.47 Å². The van der Waals surface area contributed by atoms with Crippen LogP contribution in [0.15, 0.2) is 62.4 Å². The van der Waals surface area contributed by atoms with E-state index in [-0.39, 0.29) is 30.2 Å². The van der Waals surface area contributed by atoms with Crippen molar-refractivity contribution in [3.05, 3.63) is 90.2 Å². The number of rotatable bonds is 9. The van der Waals surface area contributed by atoms with Gasteiger partial charge in [-0.15, -0.1) is 0 Å². The molecule has 1 N–H and O–H groups in total. The molecule has 3 amide bonds. The van der Waals surface area contributed by atoms with Gasteiger partial charge in [-0.2, -0.15) is 0 Å². The van der Waals surface area contributed by atoms with Crippen LogP contribution in [0, 0.1) is 20.8 Å². The van der Waals surface area contributed by atoms with Crippen LogP contribution in [0.4, 0.5) is 10.5 Å². The van der Waals surface area contributed by atoms with Gasteiger partial charge in [0.2, 0.25) is 0 Å². The molecule has 0 unspecified atom stereocenters. The second-order valence-electron chi connectivity index (χ2n) is 9.27. The second kappa shape index (κ2) is 13.1. The van der Waals surface area contributed by atoms with Crippen LogP contribution in [0.5, 0.6) is 11.5 Å². The number of carbonyl (C=O) groups excluding carboxylic acids is 3. The van der Waals surface area contributed by atoms with E-state index >= 15 is 0 Å². The van der Waals surface area contributed by atoms with Crippen LogP contribution in [0.3, 0.4) is 0 Å². The minimum absolute atomic E-state index is 0.212. The SMILES string of the molecule is CCOc1cc(/C=C2\SC(=O)N(Cc3ccc(C)cc3)C2=O)cc(Br)c1OCC(=O)Nc1cc(C)c(C)cc1Br. The number of amides is 3. The number of imide groups is 1. The lowest BCUT2D eigenvalue weighted by atomic mass is 10.1. The first-order valence-corrected chi connectivity index (χ1v) is 14.9. The molecule has 4 rings (SSSR count). The predicted molar refractivity (Wildman–Crippen MR) is 166 cm³/mol. The highest BCUT2D eigenvalue weighted by molar-refractivity contribution is 9.11. The lowest BCUT2D eigenvalue weighted by molar-refractivity contribution is -0.123. The minimum Gasteiger partial charge on any atom is -0.490 e. The molecule has 10 heteroatoms. The monoisotopic (exact) mass is 686 g/mol. The van der Waals surface area contributed by atoms with Crippen molar-refractivity contribution in [2.24, 2.45) is 0 Å². The number of hydrogen-bond acceptors (Lipinski definition) is 6. The van der Waals surface area contributed by atoms with Gasteiger partial charge in [-0.25, -0.2) is 0 Å². The molecule has 40 heavy (non-hydrogen) atoms. The van der Waals surface area contributed by atoms with Crippen LogP contribution in [0.25, 0.3) is 6.08 Å². The maximum atomic E-state index is 13.0. The average molecular weight is 688 g/mol. The topological polar surface area (TPSA) is 84.9 Å². The zero-order chi connectivity index (χ0) is 29.0. The first-order chi connectivity index (χ1) is 19.0. The smallest absolute Gasteiger partial charge is 0.293 e. The Balaban J connectivity index is 1.49. The summed E-state index contributed by atoms with van der Waals surface area (Å²) in [6.45, 7) is 8.13. The van der Waals surface area contributed by atoms with Crippen molar-refractivity contribution in [1.29, 1.82) is 0 Å². The van der Waals surface area contributed by atoms with Crippen molar-refractivity contribution in [3.63, 3.8) is 0 Å². The van der Waals surface area contributed by atoms with Crippen molar-refractivity contribution in [2.75, 3.05) is 18.5 Å². The lowest BCUT2D eigenvalue weighted by Crippen LogP contribution is -2.27. The maximum Gasteiger partial charge on any atom is 0.293 e. The van der Waals surface area contributed by atoms with Crippen molar-refractivity contribution in [1.82, 2.24) is 4.90 Å². The number of ether oxygens (including phenoxy) is 2. The van der Waals surface area contributed by atoms with Gasteiger partial charge in [0.25, 0.3) is 17.1 Å². The second-order valence-corrected chi connectivity index (χ2v) is 12.0. The quantitative estimate of drug-likeness (QED) is 0.231. The Morgan fingerprint density at radius 3 is 2.38 bits per heavy atom. The highest BCUT2D eigenvalue weighted by atomic mass is 79.9. The largest absolute Gasteiger partial charge is 0.490 e. The molecular weight excluding hydrogens is 660 g/mol. The Morgan fingerprint density at radius 2 is 1.68 bits per heavy atom. The Hall–Kier alpha value is -3.08. The molecular formula is C30H28Br2N2O5S. The summed E-state index contributed by atoms with van der Waals surface area (Å²) in [4.78, 5) is 39.9. The Bertz CT molecular complexity index is 1500. The van der Waals surface area contributed by atoms with E-state index in [4.69, 9.17) is 9.47 Å². The van der Waals surface area contributed by atoms with Crippen LogP contribution < -0.4 is 14.8 Å². The van der Waals surface area contributed by atoms with Gasteiger partial charge in [-0.1, -0.05) is 29.8 Å². The van der Waals surface area contributed by atoms with Gasteiger partial charge in [-0.3, -0.25) is 19.3 Å². The lowest BCUT2D eigenvalue weighted by Gasteiger charge is -2.15. The third kappa shape index (κ3) is 7.16. The first kappa shape index (κ1) is 29.9. The zero-order valence-electron chi connectivity index (χ0n) is 22.5. The molecule has 0 radical (unpaired) electrons. The molecule has 1 aliphatic rings. The number of nitrogens with zero attached hydrogens (tertiary/aromatic N) is 1. The van der Waals surface area contributed by atoms with Crippen LogP contribution in [-0.2, 0) is 16.1 Å². The number of benzene rings is 3. The van der Waals surface area contributed by atoms with E-state index in [9.17, 15) is 14.4 Å². The van der Waals surface area contributed by atoms with E-state index in [0.29, 0.717) is 38.7 Å². The fourth-order valence-corrected chi connectivity index (χ4v) is 5.91. The Morgan fingerprint density at radius 1 is 0.975 bits per heavy atom. The first-order valence-electron chi connectivity index (χ1n) is 12.5. The van der Waals surface area contributed by atoms with Crippen molar-refractivity contribution in [2.45, 2.75) is 34.2 Å². The van der Waals surface area contributed by atoms with Gasteiger partial charge in [0.05, 0.1) is 28.2 Å². The third-order valence-electron chi connectivity index (χ3n) is 6.17. The highest BCUT2D eigenvalue weighted by Gasteiger charge is 2.35. The molecule has 0 aliphatic carbocycles. The molecule has 3 aromatic carbocycles. The molecule has 1 fully saturated rings. The highest BCUT2D eigenvalue weighted by Crippen LogP contribution is 2.39. The molecule has 0 bridgehead atoms. The molecule has 0 spiro atoms. The number of halogens is 2. The van der Waals surface area contributed by atoms with E-state index < -0.39 is 0 Å². The summed E-state index contributed by atoms with van der Waals surface area (Å²) in [5.41, 5.74) is 5.47. The summed E-state index contributed by atoms with van der Waals surface area (Å²) in [7, 11) is 0. The van der Waals surface area contributed by atoms with Gasteiger partial charge in [0.15, 0.2) is 18.1 Å². The van der Waals surface area contributed by atoms with E-state index in [1.54, 1.807) is 18.2 Å². The Kier molecular flexibility index (Phi) is 9.76. The number of aryl methyl sites for hydroxylation is 3. The molecule has 3 aromatic rings. The van der Waals surface area contributed by atoms with Gasteiger partial charge in [-0.05, 0) is 124 Å². The fourth-order valence-electron chi connectivity index (χ4n) is 3.94. The summed E-state index contributed by atoms with van der Waals surface area (Å²) in [5.74, 6) is 0.0896. The van der Waals surface area contributed by atoms with E-state index in [1.807, 2.05) is 64.1 Å². The van der Waals surface area contributed by atoms with Crippen molar-refractivity contribution >= 4 is 72.4 Å². The summed E-state index contributed by atoms with van der Waals surface area (Å²) in [5, 5.41) is 2.54. The molecule has 0 saturated carbocycles. The standard InChI is InChI=1S/C30H28Br2N2O5S/c1-5-38-25-13-21(14-26-29(36)34(30(37)40-26)15-20-8-6-17(2)7-9-20)12-23(32)28(25)39-16-27(35)33-24-11-19(4)18(3)10-22(24)31/h6-14H,5,15-16H2,1-4H3,(H,33,35)/b26-14-. The van der Waals surface area contributed by atoms with Crippen LogP contribution in [0.1, 0.15) is 34.7 Å². The van der Waals surface area contributed by atoms with Crippen molar-refractivity contribution in [3.8, 4) is 11.5 Å². The molecule has 0 aromatic heterocycles. The summed E-state index contributed by atoms with van der Waals surface area (Å²) >= 11 is 7.90. The Labute approximate surface area is 254 Å². The fraction of sp³-hybridized carbons (Fsp3) is 0.233. The number of carbonyl (C=O) groups is 3. The number of thioether (sulfide) groups is 1. The van der Waals surface area contributed by atoms with Crippen LogP contribution in [-0.4, -0.2) is 35.2 Å².